The highest BCUT2D eigenvalue weighted by Gasteiger charge is 2.21. The molecule has 256 valence electrons. The molecule has 0 aromatic heterocycles. The summed E-state index contributed by atoms with van der Waals surface area (Å²) in [7, 11) is 0. The maximum Gasteiger partial charge on any atom is 0.320 e. The number of benzene rings is 1. The van der Waals surface area contributed by atoms with Gasteiger partial charge in [-0.05, 0) is 17.5 Å². The van der Waals surface area contributed by atoms with E-state index in [0.29, 0.717) is 13.1 Å². The number of carboxylic acid groups (broad SMARTS) is 4. The average molecular weight is 652 g/mol. The zero-order valence-electron chi connectivity index (χ0n) is 25.8. The van der Waals surface area contributed by atoms with Crippen molar-refractivity contribution in [2.24, 2.45) is 5.73 Å². The molecule has 2 amide bonds. The lowest BCUT2D eigenvalue weighted by atomic mass is 10.0. The lowest BCUT2D eigenvalue weighted by Gasteiger charge is -2.32. The van der Waals surface area contributed by atoms with Crippen molar-refractivity contribution in [3.63, 3.8) is 0 Å². The predicted molar refractivity (Wildman–Crippen MR) is 164 cm³/mol. The van der Waals surface area contributed by atoms with Gasteiger partial charge in [-0.2, -0.15) is 0 Å². The van der Waals surface area contributed by atoms with Crippen LogP contribution in [0.2, 0.25) is 0 Å². The van der Waals surface area contributed by atoms with Crippen LogP contribution in [0.4, 0.5) is 0 Å². The zero-order chi connectivity index (χ0) is 34.1. The number of carbonyl (C=O) groups is 6. The van der Waals surface area contributed by atoms with Crippen LogP contribution in [0.15, 0.2) is 24.3 Å². The standard InChI is InChI=1S/C29H45N7O10/c30-23(29(45)46)15-21-1-3-22(4-2-21)16-32-24(37)5-6-31-25(38)17-33-7-9-34(18-26(39)40)11-13-36(20-28(43)44)14-12-35(10-8-33)19-27(41)42/h1-4,23H,5-20,30H2,(H,31,38)(H,32,37)(H,39,40)(H,41,42)(H,43,44)(H,45,46)/t23-/m0/s1. The van der Waals surface area contributed by atoms with E-state index in [1.54, 1.807) is 43.9 Å². The van der Waals surface area contributed by atoms with E-state index in [1.807, 2.05) is 0 Å². The van der Waals surface area contributed by atoms with Crippen molar-refractivity contribution in [2.45, 2.75) is 25.4 Å². The van der Waals surface area contributed by atoms with E-state index in [4.69, 9.17) is 10.8 Å². The van der Waals surface area contributed by atoms with E-state index in [1.165, 1.54) is 0 Å². The van der Waals surface area contributed by atoms with Crippen LogP contribution >= 0.6 is 0 Å². The van der Waals surface area contributed by atoms with Crippen LogP contribution in [0, 0.1) is 0 Å². The number of carbonyl (C=O) groups excluding carboxylic acids is 2. The fourth-order valence-electron chi connectivity index (χ4n) is 4.78. The first-order chi connectivity index (χ1) is 21.8. The summed E-state index contributed by atoms with van der Waals surface area (Å²) in [5.74, 6) is -4.83. The number of hydrogen-bond acceptors (Lipinski definition) is 11. The summed E-state index contributed by atoms with van der Waals surface area (Å²) >= 11 is 0. The Hall–Kier alpha value is -4.16. The van der Waals surface area contributed by atoms with Gasteiger partial charge in [-0.15, -0.1) is 0 Å². The minimum atomic E-state index is -1.08. The molecular weight excluding hydrogens is 606 g/mol. The molecule has 1 aromatic carbocycles. The van der Waals surface area contributed by atoms with Crippen molar-refractivity contribution >= 4 is 35.7 Å². The van der Waals surface area contributed by atoms with Gasteiger partial charge in [0.05, 0.1) is 26.2 Å². The van der Waals surface area contributed by atoms with Crippen LogP contribution in [0.5, 0.6) is 0 Å². The number of aliphatic carboxylic acids is 4. The first-order valence-electron chi connectivity index (χ1n) is 14.9. The van der Waals surface area contributed by atoms with Gasteiger partial charge in [0, 0.05) is 71.9 Å². The first kappa shape index (κ1) is 38.0. The van der Waals surface area contributed by atoms with E-state index in [0.717, 1.165) is 11.1 Å². The molecule has 1 fully saturated rings. The highest BCUT2D eigenvalue weighted by Crippen LogP contribution is 2.07. The smallest absolute Gasteiger partial charge is 0.320 e. The molecule has 0 aliphatic carbocycles. The minimum absolute atomic E-state index is 0.0307. The van der Waals surface area contributed by atoms with E-state index in [2.05, 4.69) is 10.6 Å². The second-order valence-corrected chi connectivity index (χ2v) is 11.1. The third-order valence-electron chi connectivity index (χ3n) is 7.33. The van der Waals surface area contributed by atoms with Crippen molar-refractivity contribution in [3.8, 4) is 0 Å². The predicted octanol–water partition coefficient (Wildman–Crippen LogP) is -2.76. The van der Waals surface area contributed by atoms with Crippen LogP contribution in [-0.2, 0) is 41.7 Å². The summed E-state index contributed by atoms with van der Waals surface area (Å²) in [6.45, 7) is 1.79. The molecular formula is C29H45N7O10. The van der Waals surface area contributed by atoms with Gasteiger partial charge in [0.1, 0.15) is 6.04 Å². The molecule has 1 aliphatic heterocycles. The molecule has 1 aromatic rings. The first-order valence-corrected chi connectivity index (χ1v) is 14.9. The summed E-state index contributed by atoms with van der Waals surface area (Å²) in [5, 5.41) is 42.4. The number of carboxylic acids is 4. The average Bonchev–Trinajstić information content (AvgIpc) is 2.97. The van der Waals surface area contributed by atoms with E-state index in [-0.39, 0.29) is 103 Å². The third-order valence-corrected chi connectivity index (χ3v) is 7.33. The Labute approximate surface area is 266 Å². The molecule has 2 rings (SSSR count). The molecule has 0 unspecified atom stereocenters. The highest BCUT2D eigenvalue weighted by molar-refractivity contribution is 5.80. The van der Waals surface area contributed by atoms with Gasteiger partial charge in [-0.1, -0.05) is 24.3 Å². The van der Waals surface area contributed by atoms with Gasteiger partial charge in [-0.3, -0.25) is 48.4 Å². The van der Waals surface area contributed by atoms with Crippen molar-refractivity contribution in [1.29, 1.82) is 0 Å². The minimum Gasteiger partial charge on any atom is -0.480 e. The maximum atomic E-state index is 12.8. The van der Waals surface area contributed by atoms with E-state index in [9.17, 15) is 44.1 Å². The third kappa shape index (κ3) is 16.2. The van der Waals surface area contributed by atoms with Gasteiger partial charge < -0.3 is 36.8 Å². The van der Waals surface area contributed by atoms with Crippen molar-refractivity contribution in [1.82, 2.24) is 30.2 Å². The fourth-order valence-corrected chi connectivity index (χ4v) is 4.78. The van der Waals surface area contributed by atoms with E-state index < -0.39 is 29.9 Å². The molecule has 0 radical (unpaired) electrons. The molecule has 1 saturated heterocycles. The lowest BCUT2D eigenvalue weighted by Crippen LogP contribution is -2.50. The van der Waals surface area contributed by atoms with Crippen molar-refractivity contribution in [3.05, 3.63) is 35.4 Å². The summed E-state index contributed by atoms with van der Waals surface area (Å²) in [5.41, 5.74) is 7.12. The Morgan fingerprint density at radius 3 is 1.39 bits per heavy atom. The van der Waals surface area contributed by atoms with Crippen LogP contribution < -0.4 is 16.4 Å². The Bertz CT molecular complexity index is 1150. The van der Waals surface area contributed by atoms with Gasteiger partial charge in [0.15, 0.2) is 0 Å². The normalized spacial score (nSPS) is 16.8. The van der Waals surface area contributed by atoms with Crippen molar-refractivity contribution < 1.29 is 49.2 Å². The number of nitrogens with two attached hydrogens (primary N) is 1. The summed E-state index contributed by atoms with van der Waals surface area (Å²) in [6.07, 6.45) is 0.219. The largest absolute Gasteiger partial charge is 0.480 e. The number of amides is 2. The molecule has 0 bridgehead atoms. The maximum absolute atomic E-state index is 12.8. The van der Waals surface area contributed by atoms with Crippen molar-refractivity contribution in [2.75, 3.05) is 85.1 Å². The Balaban J connectivity index is 1.88. The second kappa shape index (κ2) is 20.1. The monoisotopic (exact) mass is 651 g/mol. The SMILES string of the molecule is N[C@@H](Cc1ccc(CNC(=O)CCNC(=O)CN2CCN(CC(=O)O)CCN(CC(=O)O)CCN(CC(=O)O)CC2)cc1)C(=O)O. The number of hydrogen-bond donors (Lipinski definition) is 7. The molecule has 1 atom stereocenters. The molecule has 17 heteroatoms. The summed E-state index contributed by atoms with van der Waals surface area (Å²) < 4.78 is 0. The molecule has 46 heavy (non-hydrogen) atoms. The molecule has 17 nitrogen and oxygen atoms in total. The summed E-state index contributed by atoms with van der Waals surface area (Å²) in [6, 6.07) is 6.04. The number of nitrogens with zero attached hydrogens (tertiary/aromatic N) is 4. The van der Waals surface area contributed by atoms with Crippen LogP contribution in [0.1, 0.15) is 17.5 Å². The Kier molecular flexibility index (Phi) is 16.6. The van der Waals surface area contributed by atoms with E-state index >= 15 is 0 Å². The Morgan fingerprint density at radius 1 is 0.609 bits per heavy atom. The fraction of sp³-hybridized carbons (Fsp3) is 0.586. The van der Waals surface area contributed by atoms with Crippen LogP contribution in [0.25, 0.3) is 0 Å². The van der Waals surface area contributed by atoms with Gasteiger partial charge in [0.25, 0.3) is 0 Å². The van der Waals surface area contributed by atoms with Gasteiger partial charge >= 0.3 is 23.9 Å². The molecule has 0 saturated carbocycles. The lowest BCUT2D eigenvalue weighted by molar-refractivity contribution is -0.140. The van der Waals surface area contributed by atoms with Gasteiger partial charge in [-0.25, -0.2) is 0 Å². The quantitative estimate of drug-likeness (QED) is 0.0957. The van der Waals surface area contributed by atoms with Crippen LogP contribution in [-0.4, -0.2) is 167 Å². The molecule has 8 N–H and O–H groups in total. The zero-order valence-corrected chi connectivity index (χ0v) is 25.8. The topological polar surface area (TPSA) is 246 Å². The molecule has 1 aliphatic rings. The number of rotatable bonds is 16. The van der Waals surface area contributed by atoms with Crippen LogP contribution in [0.3, 0.4) is 0 Å². The van der Waals surface area contributed by atoms with Gasteiger partial charge in [0.2, 0.25) is 11.8 Å². The molecule has 0 spiro atoms. The number of nitrogens with one attached hydrogen (secondary N) is 2. The highest BCUT2D eigenvalue weighted by atomic mass is 16.4. The summed E-state index contributed by atoms with van der Waals surface area (Å²) in [4.78, 5) is 77.0. The molecule has 1 heterocycles. The second-order valence-electron chi connectivity index (χ2n) is 11.1. The Morgan fingerprint density at radius 2 is 1.00 bits per heavy atom.